The Balaban J connectivity index is 1.52. The molecule has 0 heterocycles. The molecule has 0 radical (unpaired) electrons. The average molecular weight is 786 g/mol. The van der Waals surface area contributed by atoms with E-state index in [0.717, 1.165) is 25.7 Å². The van der Waals surface area contributed by atoms with Crippen LogP contribution in [0.15, 0.2) is 36.0 Å². The van der Waals surface area contributed by atoms with Crippen LogP contribution in [0.25, 0.3) is 0 Å². The van der Waals surface area contributed by atoms with Gasteiger partial charge in [0.15, 0.2) is 0 Å². The number of aliphatic hydroxyl groups excluding tert-OH is 2. The van der Waals surface area contributed by atoms with Crippen LogP contribution in [0.3, 0.4) is 0 Å². The Morgan fingerprint density at radius 1 is 0.875 bits per heavy atom. The van der Waals surface area contributed by atoms with Crippen LogP contribution in [-0.2, 0) is 23.9 Å². The molecule has 3 N–H and O–H groups in total. The lowest BCUT2D eigenvalue weighted by atomic mass is 9.65. The van der Waals surface area contributed by atoms with Crippen molar-refractivity contribution < 1.29 is 34.1 Å². The molecule has 322 valence electrons. The molecule has 1 amide bonds. The van der Waals surface area contributed by atoms with Gasteiger partial charge in [0.2, 0.25) is 5.91 Å². The molecule has 2 unspecified atom stereocenters. The van der Waals surface area contributed by atoms with Crippen molar-refractivity contribution in [3.63, 3.8) is 0 Å². The number of ketones is 1. The summed E-state index contributed by atoms with van der Waals surface area (Å²) in [6, 6.07) is 0. The van der Waals surface area contributed by atoms with E-state index >= 15 is 0 Å². The van der Waals surface area contributed by atoms with Gasteiger partial charge in [-0.15, -0.1) is 0 Å². The molecule has 2 rings (SSSR count). The summed E-state index contributed by atoms with van der Waals surface area (Å²) in [5.41, 5.74) is 0.680. The average Bonchev–Trinajstić information content (AvgIpc) is 3.15. The first kappa shape index (κ1) is 49.9. The van der Waals surface area contributed by atoms with Crippen molar-refractivity contribution in [1.29, 1.82) is 0 Å². The molecular weight excluding hydrogens is 703 g/mol. The monoisotopic (exact) mass is 786 g/mol. The fraction of sp³-hybridized carbons (Fsp3) is 0.812. The number of amides is 1. The van der Waals surface area contributed by atoms with Gasteiger partial charge < -0.3 is 25.0 Å². The van der Waals surface area contributed by atoms with Crippen LogP contribution >= 0.6 is 0 Å². The van der Waals surface area contributed by atoms with E-state index in [1.165, 1.54) is 76.2 Å². The highest BCUT2D eigenvalue weighted by atomic mass is 16.5. The molecule has 0 saturated heterocycles. The summed E-state index contributed by atoms with van der Waals surface area (Å²) in [5, 5.41) is 24.2. The summed E-state index contributed by atoms with van der Waals surface area (Å²) < 4.78 is 11.8. The third-order valence-corrected chi connectivity index (χ3v) is 12.1. The molecule has 0 aliphatic heterocycles. The van der Waals surface area contributed by atoms with E-state index in [1.807, 2.05) is 20.8 Å². The van der Waals surface area contributed by atoms with Crippen molar-refractivity contribution in [2.24, 2.45) is 29.1 Å². The van der Waals surface area contributed by atoms with Gasteiger partial charge >= 0.3 is 5.97 Å². The predicted molar refractivity (Wildman–Crippen MR) is 229 cm³/mol. The van der Waals surface area contributed by atoms with Gasteiger partial charge in [-0.25, -0.2) is 0 Å². The number of unbranched alkanes of at least 4 members (excludes halogenated alkanes) is 11. The second-order valence-corrected chi connectivity index (χ2v) is 17.7. The smallest absolute Gasteiger partial charge is 0.311 e. The number of hydrogen-bond acceptors (Lipinski definition) is 7. The summed E-state index contributed by atoms with van der Waals surface area (Å²) in [6.45, 7) is 13.6. The number of aliphatic hydroxyl groups is 2. The van der Waals surface area contributed by atoms with Crippen molar-refractivity contribution in [1.82, 2.24) is 5.32 Å². The van der Waals surface area contributed by atoms with Crippen molar-refractivity contribution in [2.45, 2.75) is 201 Å². The minimum Gasteiger partial charge on any atom is -0.461 e. The van der Waals surface area contributed by atoms with Crippen LogP contribution < -0.4 is 5.32 Å². The number of rotatable bonds is 32. The number of esters is 1. The van der Waals surface area contributed by atoms with Crippen LogP contribution in [0.5, 0.6) is 0 Å². The minimum atomic E-state index is -0.946. The fourth-order valence-corrected chi connectivity index (χ4v) is 8.10. The topological polar surface area (TPSA) is 122 Å². The van der Waals surface area contributed by atoms with Crippen molar-refractivity contribution in [3.8, 4) is 0 Å². The van der Waals surface area contributed by atoms with Gasteiger partial charge in [-0.1, -0.05) is 109 Å². The molecule has 0 aromatic heterocycles. The summed E-state index contributed by atoms with van der Waals surface area (Å²) >= 11 is 0. The Morgan fingerprint density at radius 2 is 1.52 bits per heavy atom. The van der Waals surface area contributed by atoms with Crippen LogP contribution in [0.1, 0.15) is 183 Å². The number of nitrogens with one attached hydrogen (secondary N) is 1. The second kappa shape index (κ2) is 29.0. The van der Waals surface area contributed by atoms with Crippen molar-refractivity contribution >= 4 is 17.7 Å². The molecule has 0 fully saturated rings. The lowest BCUT2D eigenvalue weighted by Crippen LogP contribution is -2.43. The molecule has 7 atom stereocenters. The number of Topliss-reactive ketones (excluding diaryl/α,β-unsaturated/α-hetero) is 1. The van der Waals surface area contributed by atoms with E-state index in [4.69, 9.17) is 9.47 Å². The predicted octanol–water partition coefficient (Wildman–Crippen LogP) is 10.5. The zero-order valence-electron chi connectivity index (χ0n) is 36.5. The highest BCUT2D eigenvalue weighted by molar-refractivity contribution is 5.78. The first-order chi connectivity index (χ1) is 26.9. The molecule has 0 aromatic carbocycles. The third kappa shape index (κ3) is 20.9. The number of fused-ring (bicyclic) bond motifs is 1. The summed E-state index contributed by atoms with van der Waals surface area (Å²) in [7, 11) is 0. The molecule has 8 heteroatoms. The molecule has 0 aromatic rings. The van der Waals surface area contributed by atoms with E-state index < -0.39 is 17.6 Å². The Morgan fingerprint density at radius 3 is 2.20 bits per heavy atom. The van der Waals surface area contributed by atoms with Gasteiger partial charge in [0.05, 0.1) is 30.7 Å². The van der Waals surface area contributed by atoms with E-state index in [9.17, 15) is 24.6 Å². The molecule has 2 aliphatic rings. The maximum Gasteiger partial charge on any atom is 0.311 e. The second-order valence-electron chi connectivity index (χ2n) is 17.7. The SMILES string of the molecule is CCCCCCCC/C=C\CCCCCCCC(=O)CCCOCCNC(=O)C[C@H](O)C[C@@H](O)CC[C@@H]1C2C(=C[C@H](C)CC2OC(=O)C(C)(C)CC)C=C[C@@H]1C. The highest BCUT2D eigenvalue weighted by Gasteiger charge is 2.43. The van der Waals surface area contributed by atoms with E-state index in [-0.39, 0.29) is 48.6 Å². The number of ether oxygens (including phenoxy) is 2. The number of hydrogen-bond donors (Lipinski definition) is 3. The number of carbonyl (C=O) groups excluding carboxylic acids is 3. The van der Waals surface area contributed by atoms with Gasteiger partial charge in [0, 0.05) is 31.9 Å². The number of allylic oxidation sites excluding steroid dienone is 5. The standard InChI is InChI=1S/C48H83NO7/c1-7-9-10-11-12-13-14-15-16-17-18-19-20-21-22-24-40(50)25-23-31-55-32-30-49-45(53)36-42(52)35-41(51)28-29-43-38(4)26-27-39-33-37(3)34-44(46(39)43)56-47(54)48(5,6)8-2/h15-16,26-27,33,37-38,41-44,46,51-52H,7-14,17-25,28-32,34-36H2,1-6H3,(H,49,53)/b16-15-/t37-,38-,41-,42+,43-,44?,46?/m0/s1. The Hall–Kier alpha value is -2.29. The van der Waals surface area contributed by atoms with Crippen molar-refractivity contribution in [3.05, 3.63) is 36.0 Å². The van der Waals surface area contributed by atoms with Crippen LogP contribution in [0.4, 0.5) is 0 Å². The highest BCUT2D eigenvalue weighted by Crippen LogP contribution is 2.45. The molecule has 0 spiro atoms. The maximum atomic E-state index is 13.1. The summed E-state index contributed by atoms with van der Waals surface area (Å²) in [6.07, 6.45) is 30.4. The quantitative estimate of drug-likeness (QED) is 0.0353. The lowest BCUT2D eigenvalue weighted by molar-refractivity contribution is -0.164. The van der Waals surface area contributed by atoms with E-state index in [1.54, 1.807) is 0 Å². The summed E-state index contributed by atoms with van der Waals surface area (Å²) in [5.74, 6) is 0.722. The Kier molecular flexibility index (Phi) is 25.8. The van der Waals surface area contributed by atoms with Gasteiger partial charge in [-0.2, -0.15) is 0 Å². The first-order valence-electron chi connectivity index (χ1n) is 22.9. The van der Waals surface area contributed by atoms with Gasteiger partial charge in [0.25, 0.3) is 0 Å². The largest absolute Gasteiger partial charge is 0.461 e. The third-order valence-electron chi connectivity index (χ3n) is 12.1. The lowest BCUT2D eigenvalue weighted by Gasteiger charge is -2.44. The van der Waals surface area contributed by atoms with E-state index in [2.05, 4.69) is 56.5 Å². The Labute approximate surface area is 342 Å². The van der Waals surface area contributed by atoms with Gasteiger partial charge in [0.1, 0.15) is 11.9 Å². The molecular formula is C48H83NO7. The van der Waals surface area contributed by atoms with Crippen LogP contribution in [0.2, 0.25) is 0 Å². The normalized spacial score (nSPS) is 22.1. The summed E-state index contributed by atoms with van der Waals surface area (Å²) in [4.78, 5) is 37.8. The van der Waals surface area contributed by atoms with Gasteiger partial charge in [-0.05, 0) is 108 Å². The molecule has 56 heavy (non-hydrogen) atoms. The first-order valence-corrected chi connectivity index (χ1v) is 22.9. The number of carbonyl (C=O) groups is 3. The fourth-order valence-electron chi connectivity index (χ4n) is 8.10. The minimum absolute atomic E-state index is 0.0791. The van der Waals surface area contributed by atoms with E-state index in [0.29, 0.717) is 63.6 Å². The van der Waals surface area contributed by atoms with Crippen LogP contribution in [-0.4, -0.2) is 65.9 Å². The zero-order chi connectivity index (χ0) is 41.2. The maximum absolute atomic E-state index is 13.1. The molecule has 0 saturated carbocycles. The molecule has 0 bridgehead atoms. The Bertz CT molecular complexity index is 1190. The molecule has 8 nitrogen and oxygen atoms in total. The van der Waals surface area contributed by atoms with Gasteiger partial charge in [-0.3, -0.25) is 14.4 Å². The zero-order valence-corrected chi connectivity index (χ0v) is 36.5. The van der Waals surface area contributed by atoms with Crippen LogP contribution in [0, 0.1) is 29.1 Å². The molecule has 2 aliphatic carbocycles. The van der Waals surface area contributed by atoms with Crippen molar-refractivity contribution in [2.75, 3.05) is 19.8 Å².